The minimum Gasteiger partial charge on any atom is -0.364 e. The molecule has 0 saturated carbocycles. The molecule has 0 amide bonds. The molecule has 7 nitrogen and oxygen atoms in total. The van der Waals surface area contributed by atoms with Crippen LogP contribution in [0.3, 0.4) is 0 Å². The number of nitrogens with zero attached hydrogens (tertiary/aromatic N) is 2. The molecular formula is C11H20N4O3S. The molecule has 2 N–H and O–H groups in total. The van der Waals surface area contributed by atoms with Gasteiger partial charge in [0.05, 0.1) is 5.75 Å². The fraction of sp³-hybridized carbons (Fsp3) is 0.636. The van der Waals surface area contributed by atoms with Crippen molar-refractivity contribution < 1.29 is 8.42 Å². The maximum absolute atomic E-state index is 11.9. The Labute approximate surface area is 113 Å². The first-order valence-corrected chi connectivity index (χ1v) is 7.92. The first kappa shape index (κ1) is 15.6. The van der Waals surface area contributed by atoms with E-state index < -0.39 is 10.0 Å². The van der Waals surface area contributed by atoms with Crippen molar-refractivity contribution in [1.82, 2.24) is 14.3 Å². The summed E-state index contributed by atoms with van der Waals surface area (Å²) >= 11 is 0. The van der Waals surface area contributed by atoms with Gasteiger partial charge in [-0.15, -0.1) is 0 Å². The largest absolute Gasteiger partial charge is 0.364 e. The van der Waals surface area contributed by atoms with Crippen LogP contribution in [0.1, 0.15) is 20.3 Å². The predicted molar refractivity (Wildman–Crippen MR) is 74.7 cm³/mol. The van der Waals surface area contributed by atoms with Crippen molar-refractivity contribution in [3.63, 3.8) is 0 Å². The van der Waals surface area contributed by atoms with Gasteiger partial charge in [-0.2, -0.15) is 0 Å². The number of aryl methyl sites for hydroxylation is 1. The Morgan fingerprint density at radius 1 is 1.37 bits per heavy atom. The molecule has 0 unspecified atom stereocenters. The molecular weight excluding hydrogens is 268 g/mol. The van der Waals surface area contributed by atoms with Crippen molar-refractivity contribution in [2.45, 2.75) is 26.8 Å². The van der Waals surface area contributed by atoms with Gasteiger partial charge in [-0.25, -0.2) is 18.1 Å². The minimum absolute atomic E-state index is 0.0926. The lowest BCUT2D eigenvalue weighted by Crippen LogP contribution is -2.31. The molecule has 108 valence electrons. The van der Waals surface area contributed by atoms with Crippen LogP contribution in [0.2, 0.25) is 0 Å². The zero-order chi connectivity index (χ0) is 14.3. The molecule has 0 atom stereocenters. The van der Waals surface area contributed by atoms with E-state index in [0.717, 1.165) is 6.42 Å². The van der Waals surface area contributed by atoms with E-state index in [4.69, 9.17) is 0 Å². The molecule has 0 fully saturated rings. The molecule has 0 aromatic carbocycles. The summed E-state index contributed by atoms with van der Waals surface area (Å²) in [5.74, 6) is 0.0904. The average molecular weight is 288 g/mol. The summed E-state index contributed by atoms with van der Waals surface area (Å²) in [4.78, 5) is 15.8. The van der Waals surface area contributed by atoms with Crippen LogP contribution in [-0.4, -0.2) is 36.8 Å². The Balaban J connectivity index is 2.64. The van der Waals surface area contributed by atoms with Gasteiger partial charge in [-0.1, -0.05) is 13.8 Å². The standard InChI is InChI=1S/C11H20N4O3S/c1-3-7-15-8-5-12-10(11(15)16)13-6-9-19(17,18)14-4-2/h5,8,14H,3-4,6-7,9H2,1-2H3,(H,12,13). The van der Waals surface area contributed by atoms with E-state index in [2.05, 4.69) is 15.0 Å². The number of nitrogens with one attached hydrogen (secondary N) is 2. The normalized spacial score (nSPS) is 11.5. The summed E-state index contributed by atoms with van der Waals surface area (Å²) in [5, 5.41) is 2.76. The summed E-state index contributed by atoms with van der Waals surface area (Å²) < 4.78 is 26.8. The third-order valence-corrected chi connectivity index (χ3v) is 3.88. The van der Waals surface area contributed by atoms with E-state index in [-0.39, 0.29) is 23.7 Å². The van der Waals surface area contributed by atoms with Gasteiger partial charge < -0.3 is 9.88 Å². The topological polar surface area (TPSA) is 93.1 Å². The van der Waals surface area contributed by atoms with Crippen LogP contribution in [-0.2, 0) is 16.6 Å². The highest BCUT2D eigenvalue weighted by Gasteiger charge is 2.09. The summed E-state index contributed by atoms with van der Waals surface area (Å²) in [6.45, 7) is 4.81. The molecule has 8 heteroatoms. The first-order chi connectivity index (χ1) is 9.00. The third-order valence-electron chi connectivity index (χ3n) is 2.41. The average Bonchev–Trinajstić information content (AvgIpc) is 2.34. The Kier molecular flexibility index (Phi) is 5.97. The highest BCUT2D eigenvalue weighted by molar-refractivity contribution is 7.89. The molecule has 0 aliphatic rings. The van der Waals surface area contributed by atoms with Gasteiger partial charge in [-0.3, -0.25) is 4.79 Å². The van der Waals surface area contributed by atoms with Gasteiger partial charge in [0, 0.05) is 32.0 Å². The predicted octanol–water partition coefficient (Wildman–Crippen LogP) is 0.00450. The molecule has 19 heavy (non-hydrogen) atoms. The van der Waals surface area contributed by atoms with Crippen LogP contribution in [0.5, 0.6) is 0 Å². The maximum atomic E-state index is 11.9. The van der Waals surface area contributed by atoms with E-state index in [1.54, 1.807) is 17.7 Å². The number of aromatic nitrogens is 2. The molecule has 0 aliphatic heterocycles. The second-order valence-electron chi connectivity index (χ2n) is 4.02. The van der Waals surface area contributed by atoms with Crippen LogP contribution < -0.4 is 15.6 Å². The first-order valence-electron chi connectivity index (χ1n) is 6.26. The van der Waals surface area contributed by atoms with Crippen molar-refractivity contribution in [3.05, 3.63) is 22.7 Å². The smallest absolute Gasteiger partial charge is 0.293 e. The second-order valence-corrected chi connectivity index (χ2v) is 5.94. The van der Waals surface area contributed by atoms with E-state index >= 15 is 0 Å². The van der Waals surface area contributed by atoms with Crippen molar-refractivity contribution in [2.24, 2.45) is 0 Å². The summed E-state index contributed by atoms with van der Waals surface area (Å²) in [5.41, 5.74) is -0.231. The summed E-state index contributed by atoms with van der Waals surface area (Å²) in [7, 11) is -3.28. The Hall–Kier alpha value is -1.41. The van der Waals surface area contributed by atoms with Crippen LogP contribution in [0.15, 0.2) is 17.2 Å². The summed E-state index contributed by atoms with van der Waals surface area (Å²) in [6, 6.07) is 0. The fourth-order valence-corrected chi connectivity index (χ4v) is 2.54. The highest BCUT2D eigenvalue weighted by atomic mass is 32.2. The van der Waals surface area contributed by atoms with Crippen molar-refractivity contribution in [3.8, 4) is 0 Å². The molecule has 1 aromatic heterocycles. The summed E-state index contributed by atoms with van der Waals surface area (Å²) in [6.07, 6.45) is 3.99. The number of sulfonamides is 1. The Morgan fingerprint density at radius 3 is 2.74 bits per heavy atom. The zero-order valence-corrected chi connectivity index (χ0v) is 12.0. The molecule has 0 spiro atoms. The van der Waals surface area contributed by atoms with Gasteiger partial charge in [0.25, 0.3) is 5.56 Å². The zero-order valence-electron chi connectivity index (χ0n) is 11.2. The molecule has 1 rings (SSSR count). The molecule has 0 aliphatic carbocycles. The van der Waals surface area contributed by atoms with E-state index in [0.29, 0.717) is 13.1 Å². The number of hydrogen-bond acceptors (Lipinski definition) is 5. The quantitative estimate of drug-likeness (QED) is 0.702. The lowest BCUT2D eigenvalue weighted by molar-refractivity contribution is 0.584. The Morgan fingerprint density at radius 2 is 2.11 bits per heavy atom. The molecule has 0 saturated heterocycles. The monoisotopic (exact) mass is 288 g/mol. The van der Waals surface area contributed by atoms with Gasteiger partial charge in [0.2, 0.25) is 10.0 Å². The minimum atomic E-state index is -3.28. The number of rotatable bonds is 8. The van der Waals surface area contributed by atoms with Crippen LogP contribution >= 0.6 is 0 Å². The van der Waals surface area contributed by atoms with E-state index in [1.165, 1.54) is 6.20 Å². The van der Waals surface area contributed by atoms with Crippen molar-refractivity contribution in [1.29, 1.82) is 0 Å². The number of hydrogen-bond donors (Lipinski definition) is 2. The van der Waals surface area contributed by atoms with Crippen molar-refractivity contribution >= 4 is 15.8 Å². The Bertz CT molecular complexity index is 553. The fourth-order valence-electron chi connectivity index (χ4n) is 1.58. The van der Waals surface area contributed by atoms with Gasteiger partial charge in [0.15, 0.2) is 5.82 Å². The van der Waals surface area contributed by atoms with Crippen LogP contribution in [0.25, 0.3) is 0 Å². The van der Waals surface area contributed by atoms with Gasteiger partial charge in [0.1, 0.15) is 0 Å². The maximum Gasteiger partial charge on any atom is 0.293 e. The van der Waals surface area contributed by atoms with Gasteiger partial charge in [-0.05, 0) is 6.42 Å². The van der Waals surface area contributed by atoms with Crippen LogP contribution in [0, 0.1) is 0 Å². The van der Waals surface area contributed by atoms with Gasteiger partial charge >= 0.3 is 0 Å². The molecule has 1 heterocycles. The second kappa shape index (κ2) is 7.25. The third kappa shape index (κ3) is 4.99. The number of anilines is 1. The SMILES string of the molecule is CCCn1ccnc(NCCS(=O)(=O)NCC)c1=O. The lowest BCUT2D eigenvalue weighted by atomic mass is 10.4. The highest BCUT2D eigenvalue weighted by Crippen LogP contribution is 1.94. The van der Waals surface area contributed by atoms with E-state index in [9.17, 15) is 13.2 Å². The van der Waals surface area contributed by atoms with E-state index in [1.807, 2.05) is 6.92 Å². The molecule has 0 radical (unpaired) electrons. The van der Waals surface area contributed by atoms with Crippen LogP contribution in [0.4, 0.5) is 5.82 Å². The molecule has 0 bridgehead atoms. The van der Waals surface area contributed by atoms with Crippen molar-refractivity contribution in [2.75, 3.05) is 24.2 Å². The lowest BCUT2D eigenvalue weighted by Gasteiger charge is -2.08. The molecule has 1 aromatic rings.